The number of nitro groups is 1. The van der Waals surface area contributed by atoms with E-state index >= 15 is 0 Å². The number of nitrogens with one attached hydrogen (secondary N) is 1. The molecule has 0 radical (unpaired) electrons. The van der Waals surface area contributed by atoms with Gasteiger partial charge >= 0.3 is 5.82 Å². The minimum absolute atomic E-state index is 0.107. The third kappa shape index (κ3) is 2.93. The van der Waals surface area contributed by atoms with Crippen LogP contribution in [0.3, 0.4) is 0 Å². The van der Waals surface area contributed by atoms with Gasteiger partial charge in [-0.3, -0.25) is 0 Å². The summed E-state index contributed by atoms with van der Waals surface area (Å²) in [5, 5.41) is 16.4. The van der Waals surface area contributed by atoms with Gasteiger partial charge in [0.05, 0.1) is 0 Å². The summed E-state index contributed by atoms with van der Waals surface area (Å²) in [7, 11) is 0. The van der Waals surface area contributed by atoms with E-state index in [9.17, 15) is 10.1 Å². The number of nitrogens with zero attached hydrogens (tertiary/aromatic N) is 3. The van der Waals surface area contributed by atoms with E-state index < -0.39 is 0 Å². The first-order valence-electron chi connectivity index (χ1n) is 6.49. The molecule has 2 heterocycles. The van der Waals surface area contributed by atoms with Crippen molar-refractivity contribution in [1.82, 2.24) is 14.7 Å². The standard InChI is InChI=1S/C12H18N4O2S/c1-3-5-9(13-4-2)8-10-11(16(17)18)15-6-7-19-12(15)14-10/h6-7,9,13H,3-5,8H2,1-2H3. The normalized spacial score (nSPS) is 12.9. The lowest BCUT2D eigenvalue weighted by molar-refractivity contribution is -0.391. The second-order valence-corrected chi connectivity index (χ2v) is 5.32. The Morgan fingerprint density at radius 2 is 2.37 bits per heavy atom. The van der Waals surface area contributed by atoms with Crippen LogP contribution in [-0.2, 0) is 6.42 Å². The maximum Gasteiger partial charge on any atom is 0.351 e. The van der Waals surface area contributed by atoms with Crippen molar-refractivity contribution in [2.75, 3.05) is 6.54 Å². The van der Waals surface area contributed by atoms with Crippen LogP contribution in [-0.4, -0.2) is 26.9 Å². The Labute approximate surface area is 115 Å². The Hall–Kier alpha value is -1.47. The molecule has 6 nitrogen and oxygen atoms in total. The van der Waals surface area contributed by atoms with Gasteiger partial charge in [-0.15, -0.1) is 0 Å². The number of imidazole rings is 1. The fourth-order valence-electron chi connectivity index (χ4n) is 2.30. The molecular formula is C12H18N4O2S. The Bertz CT molecular complexity index is 557. The van der Waals surface area contributed by atoms with E-state index in [1.165, 1.54) is 11.3 Å². The Morgan fingerprint density at radius 1 is 1.58 bits per heavy atom. The maximum atomic E-state index is 11.2. The molecule has 2 rings (SSSR count). The fourth-order valence-corrected chi connectivity index (χ4v) is 3.02. The molecule has 2 aromatic heterocycles. The average Bonchev–Trinajstić information content (AvgIpc) is 2.88. The summed E-state index contributed by atoms with van der Waals surface area (Å²) in [6.07, 6.45) is 4.35. The molecule has 0 spiro atoms. The van der Waals surface area contributed by atoms with Gasteiger partial charge < -0.3 is 15.4 Å². The van der Waals surface area contributed by atoms with Crippen molar-refractivity contribution < 1.29 is 4.92 Å². The monoisotopic (exact) mass is 282 g/mol. The number of rotatable bonds is 7. The molecule has 104 valence electrons. The van der Waals surface area contributed by atoms with Crippen molar-refractivity contribution in [3.05, 3.63) is 27.4 Å². The summed E-state index contributed by atoms with van der Waals surface area (Å²) in [6, 6.07) is 0.248. The topological polar surface area (TPSA) is 72.5 Å². The van der Waals surface area contributed by atoms with Crippen LogP contribution >= 0.6 is 11.3 Å². The van der Waals surface area contributed by atoms with Gasteiger partial charge in [-0.1, -0.05) is 31.6 Å². The molecule has 0 saturated heterocycles. The van der Waals surface area contributed by atoms with Crippen molar-refractivity contribution in [1.29, 1.82) is 0 Å². The summed E-state index contributed by atoms with van der Waals surface area (Å²) < 4.78 is 1.56. The van der Waals surface area contributed by atoms with Crippen LogP contribution in [0.5, 0.6) is 0 Å². The highest BCUT2D eigenvalue weighted by Crippen LogP contribution is 2.25. The number of hydrogen-bond donors (Lipinski definition) is 1. The maximum absolute atomic E-state index is 11.2. The van der Waals surface area contributed by atoms with Crippen LogP contribution in [0.2, 0.25) is 0 Å². The predicted octanol–water partition coefficient (Wildman–Crippen LogP) is 2.62. The number of aromatic nitrogens is 2. The van der Waals surface area contributed by atoms with E-state index in [2.05, 4.69) is 17.2 Å². The number of hydrogen-bond acceptors (Lipinski definition) is 5. The van der Waals surface area contributed by atoms with E-state index in [0.717, 1.165) is 19.4 Å². The van der Waals surface area contributed by atoms with Gasteiger partial charge in [-0.05, 0) is 17.9 Å². The third-order valence-corrected chi connectivity index (χ3v) is 3.81. The zero-order valence-corrected chi connectivity index (χ0v) is 11.9. The molecular weight excluding hydrogens is 264 g/mol. The van der Waals surface area contributed by atoms with Gasteiger partial charge in [-0.2, -0.15) is 9.38 Å². The first-order chi connectivity index (χ1) is 9.17. The Morgan fingerprint density at radius 3 is 3.00 bits per heavy atom. The lowest BCUT2D eigenvalue weighted by Crippen LogP contribution is -2.31. The molecule has 2 aromatic rings. The molecule has 0 amide bonds. The summed E-state index contributed by atoms with van der Waals surface area (Å²) >= 11 is 1.42. The summed E-state index contributed by atoms with van der Waals surface area (Å²) in [6.45, 7) is 5.02. The molecule has 0 fully saturated rings. The molecule has 0 aromatic carbocycles. The summed E-state index contributed by atoms with van der Waals surface area (Å²) in [4.78, 5) is 16.0. The number of thiazole rings is 1. The molecule has 0 saturated carbocycles. The highest BCUT2D eigenvalue weighted by atomic mass is 32.1. The summed E-state index contributed by atoms with van der Waals surface area (Å²) in [5.41, 5.74) is 0.580. The fraction of sp³-hybridized carbons (Fsp3) is 0.583. The highest BCUT2D eigenvalue weighted by Gasteiger charge is 2.25. The molecule has 1 atom stereocenters. The molecule has 1 unspecified atom stereocenters. The molecule has 0 aliphatic carbocycles. The quantitative estimate of drug-likeness (QED) is 0.626. The largest absolute Gasteiger partial charge is 0.358 e. The van der Waals surface area contributed by atoms with Crippen LogP contribution in [0.15, 0.2) is 11.6 Å². The smallest absolute Gasteiger partial charge is 0.351 e. The van der Waals surface area contributed by atoms with Gasteiger partial charge in [0.2, 0.25) is 0 Å². The molecule has 0 aliphatic heterocycles. The lowest BCUT2D eigenvalue weighted by atomic mass is 10.1. The minimum atomic E-state index is -0.336. The van der Waals surface area contributed by atoms with E-state index in [4.69, 9.17) is 0 Å². The van der Waals surface area contributed by atoms with Crippen LogP contribution in [0, 0.1) is 10.1 Å². The SMILES string of the molecule is CCCC(Cc1nc2sccn2c1[N+](=O)[O-])NCC. The van der Waals surface area contributed by atoms with Crippen LogP contribution in [0.4, 0.5) is 5.82 Å². The predicted molar refractivity (Wildman–Crippen MR) is 75.8 cm³/mol. The van der Waals surface area contributed by atoms with Crippen molar-refractivity contribution >= 4 is 22.1 Å². The molecule has 7 heteroatoms. The van der Waals surface area contributed by atoms with Gasteiger partial charge in [0, 0.05) is 17.8 Å². The minimum Gasteiger partial charge on any atom is -0.358 e. The second kappa shape index (κ2) is 6.12. The summed E-state index contributed by atoms with van der Waals surface area (Å²) in [5.74, 6) is 0.107. The van der Waals surface area contributed by atoms with Crippen molar-refractivity contribution in [3.8, 4) is 0 Å². The van der Waals surface area contributed by atoms with Crippen LogP contribution in [0.25, 0.3) is 4.96 Å². The van der Waals surface area contributed by atoms with Crippen LogP contribution < -0.4 is 5.32 Å². The second-order valence-electron chi connectivity index (χ2n) is 4.44. The van der Waals surface area contributed by atoms with E-state index in [0.29, 0.717) is 17.1 Å². The van der Waals surface area contributed by atoms with Gasteiger partial charge in [0.15, 0.2) is 0 Å². The molecule has 19 heavy (non-hydrogen) atoms. The Balaban J connectivity index is 2.30. The molecule has 0 bridgehead atoms. The number of likely N-dealkylation sites (N-methyl/N-ethyl adjacent to an activating group) is 1. The zero-order chi connectivity index (χ0) is 13.8. The van der Waals surface area contributed by atoms with Crippen molar-refractivity contribution in [3.63, 3.8) is 0 Å². The Kier molecular flexibility index (Phi) is 4.49. The first kappa shape index (κ1) is 14.0. The average molecular weight is 282 g/mol. The van der Waals surface area contributed by atoms with Gasteiger partial charge in [0.1, 0.15) is 11.9 Å². The number of fused-ring (bicyclic) bond motifs is 1. The molecule has 0 aliphatic rings. The van der Waals surface area contributed by atoms with E-state index in [1.54, 1.807) is 10.6 Å². The first-order valence-corrected chi connectivity index (χ1v) is 7.37. The van der Waals surface area contributed by atoms with Gasteiger partial charge in [0.25, 0.3) is 4.96 Å². The van der Waals surface area contributed by atoms with Crippen molar-refractivity contribution in [2.45, 2.75) is 39.2 Å². The lowest BCUT2D eigenvalue weighted by Gasteiger charge is -2.15. The zero-order valence-electron chi connectivity index (χ0n) is 11.1. The molecule has 1 N–H and O–H groups in total. The van der Waals surface area contributed by atoms with Gasteiger partial charge in [-0.25, -0.2) is 0 Å². The highest BCUT2D eigenvalue weighted by molar-refractivity contribution is 7.15. The van der Waals surface area contributed by atoms with E-state index in [-0.39, 0.29) is 16.8 Å². The van der Waals surface area contributed by atoms with Crippen molar-refractivity contribution in [2.24, 2.45) is 0 Å². The third-order valence-electron chi connectivity index (χ3n) is 3.05. The van der Waals surface area contributed by atoms with E-state index in [1.807, 2.05) is 12.3 Å². The van der Waals surface area contributed by atoms with Crippen LogP contribution in [0.1, 0.15) is 32.4 Å².